The average molecular weight is 918 g/mol. The molecule has 17 nitrogen and oxygen atoms in total. The van der Waals surface area contributed by atoms with Crippen molar-refractivity contribution < 1.29 is 157 Å². The van der Waals surface area contributed by atoms with Crippen LogP contribution in [0.5, 0.6) is 0 Å². The Morgan fingerprint density at radius 1 is 0.862 bits per heavy atom. The van der Waals surface area contributed by atoms with Gasteiger partial charge in [0.2, 0.25) is 5.69 Å². The molecule has 0 bridgehead atoms. The Balaban J connectivity index is 0.0000108. The molecule has 0 fully saturated rings. The minimum atomic E-state index is -4.51. The molecule has 0 aliphatic carbocycles. The van der Waals surface area contributed by atoms with E-state index < -0.39 is 64.4 Å². The first-order valence-corrected chi connectivity index (χ1v) is 22.9. The zero-order valence-electron chi connectivity index (χ0n) is 33.7. The maximum Gasteiger partial charge on any atom is 1.00 e. The predicted molar refractivity (Wildman–Crippen MR) is 199 cm³/mol. The molecular weight excluding hydrogens is 872 g/mol. The molecule has 1 aromatic carbocycles. The summed E-state index contributed by atoms with van der Waals surface area (Å²) in [6.45, 7) is 6.04. The van der Waals surface area contributed by atoms with Gasteiger partial charge in [-0.1, -0.05) is 18.2 Å². The van der Waals surface area contributed by atoms with Gasteiger partial charge in [-0.2, -0.15) is 14.0 Å². The third kappa shape index (κ3) is 18.4. The van der Waals surface area contributed by atoms with Crippen LogP contribution in [0.15, 0.2) is 64.3 Å². The number of fused-ring (bicyclic) bond motifs is 1. The molecule has 2 unspecified atom stereocenters. The Morgan fingerprint density at radius 2 is 1.45 bits per heavy atom. The average Bonchev–Trinajstić information content (AvgIpc) is 3.43. The Hall–Kier alpha value is 0.01000. The van der Waals surface area contributed by atoms with Gasteiger partial charge in [-0.25, -0.2) is 25.3 Å². The molecular formula is C34H46N3Na3O14S4. The van der Waals surface area contributed by atoms with Crippen molar-refractivity contribution in [1.82, 2.24) is 5.01 Å². The van der Waals surface area contributed by atoms with Gasteiger partial charge in [0, 0.05) is 76.1 Å². The summed E-state index contributed by atoms with van der Waals surface area (Å²) in [5.74, 6) is -2.66. The van der Waals surface area contributed by atoms with Gasteiger partial charge < -0.3 is 24.0 Å². The summed E-state index contributed by atoms with van der Waals surface area (Å²) >= 11 is 0.690. The minimum absolute atomic E-state index is 0. The van der Waals surface area contributed by atoms with Crippen molar-refractivity contribution in [2.24, 2.45) is 10.5 Å². The summed E-state index contributed by atoms with van der Waals surface area (Å²) in [7, 11) is -13.5. The van der Waals surface area contributed by atoms with Crippen molar-refractivity contribution >= 4 is 65.5 Å². The fourth-order valence-corrected chi connectivity index (χ4v) is 8.76. The fourth-order valence-electron chi connectivity index (χ4n) is 6.88. The van der Waals surface area contributed by atoms with Crippen molar-refractivity contribution in [3.8, 4) is 0 Å². The molecule has 2 aliphatic heterocycles. The van der Waals surface area contributed by atoms with Crippen LogP contribution in [-0.4, -0.2) is 101 Å². The van der Waals surface area contributed by atoms with Crippen LogP contribution in [-0.2, 0) is 49.9 Å². The molecule has 308 valence electrons. The summed E-state index contributed by atoms with van der Waals surface area (Å²) in [6, 6.07) is 5.33. The van der Waals surface area contributed by atoms with Gasteiger partial charge in [-0.15, -0.1) is 0 Å². The second-order valence-corrected chi connectivity index (χ2v) is 19.1. The van der Waals surface area contributed by atoms with Crippen LogP contribution in [0.3, 0.4) is 0 Å². The Bertz CT molecular complexity index is 2050. The normalized spacial score (nSPS) is 20.3. The van der Waals surface area contributed by atoms with Crippen molar-refractivity contribution in [3.05, 3.63) is 59.8 Å². The first kappa shape index (κ1) is 58.0. The van der Waals surface area contributed by atoms with E-state index in [0.29, 0.717) is 54.2 Å². The van der Waals surface area contributed by atoms with Gasteiger partial charge in [0.25, 0.3) is 0 Å². The van der Waals surface area contributed by atoms with Crippen LogP contribution < -0.4 is 93.9 Å². The quantitative estimate of drug-likeness (QED) is 0.0148. The number of carboxylic acid groups (broad SMARTS) is 1. The first-order valence-electron chi connectivity index (χ1n) is 17.4. The maximum atomic E-state index is 11.6. The van der Waals surface area contributed by atoms with Crippen molar-refractivity contribution in [2.45, 2.75) is 88.9 Å². The molecule has 2 heterocycles. The summed E-state index contributed by atoms with van der Waals surface area (Å²) in [4.78, 5) is 11.6. The van der Waals surface area contributed by atoms with Crippen LogP contribution in [0.2, 0.25) is 0 Å². The number of nitrogens with zero attached hydrogens (tertiary/aromatic N) is 3. The van der Waals surface area contributed by atoms with E-state index in [1.54, 1.807) is 48.4 Å². The van der Waals surface area contributed by atoms with Gasteiger partial charge in [0.15, 0.2) is 5.71 Å². The smallest absolute Gasteiger partial charge is 0.748 e. The predicted octanol–water partition coefficient (Wildman–Crippen LogP) is -5.79. The van der Waals surface area contributed by atoms with E-state index in [2.05, 4.69) is 14.5 Å². The van der Waals surface area contributed by atoms with Gasteiger partial charge >= 0.3 is 94.6 Å². The van der Waals surface area contributed by atoms with Crippen LogP contribution in [0.1, 0.15) is 84.1 Å². The molecule has 0 amide bonds. The molecule has 0 aromatic heterocycles. The van der Waals surface area contributed by atoms with Gasteiger partial charge in [0.05, 0.1) is 47.8 Å². The van der Waals surface area contributed by atoms with E-state index in [9.17, 15) is 49.0 Å². The second-order valence-electron chi connectivity index (χ2n) is 13.8. The molecule has 24 heteroatoms. The summed E-state index contributed by atoms with van der Waals surface area (Å²) in [5.41, 5.74) is 1.87. The number of hydrazone groups is 1. The summed E-state index contributed by atoms with van der Waals surface area (Å²) < 4.78 is 109. The number of carbonyl (C=O) groups is 1. The fraction of sp³-hybridized carbons (Fsp3) is 0.559. The zero-order chi connectivity index (χ0) is 41.1. The van der Waals surface area contributed by atoms with Crippen LogP contribution in [0.25, 0.3) is 0 Å². The molecule has 2 aliphatic rings. The topological polar surface area (TPSA) is 269 Å². The number of hydrogen-bond donors (Lipinski definition) is 1. The number of unbranched alkanes of at least 4 members (excludes halogenated alkanes) is 2. The van der Waals surface area contributed by atoms with Gasteiger partial charge in [-0.3, -0.25) is 14.8 Å². The summed E-state index contributed by atoms with van der Waals surface area (Å²) in [5, 5.41) is 29.2. The number of allylic oxidation sites excluding steroid dienone is 6. The van der Waals surface area contributed by atoms with E-state index in [1.165, 1.54) is 0 Å². The van der Waals surface area contributed by atoms with E-state index >= 15 is 0 Å². The van der Waals surface area contributed by atoms with Crippen LogP contribution in [0.4, 0.5) is 5.69 Å². The van der Waals surface area contributed by atoms with Gasteiger partial charge in [-0.05, 0) is 83.9 Å². The molecule has 58 heavy (non-hydrogen) atoms. The standard InChI is InChI=1S/C34H49N3O14S4.3Na/c1-26-33(2,18-10-22-53(41,42)43)31(37(35-26)21-12-24-55(47,48)49)14-7-4-6-13-30-34(3,19-11-23-54(44,45)46)28-25-27(52-51-50-40)16-17-29(28)36(30)20-9-5-8-15-32(38)39;;;/h4,6-7,13-14,16-17,25H,5,8-12,15,18-24H2,1-3H3,(H4-,38,39,40,41,42,43,44,45,46,47,48,49);;;/q;3*+1/p-3. The number of aliphatic carboxylic acids is 1. The van der Waals surface area contributed by atoms with Crippen molar-refractivity contribution in [2.75, 3.05) is 30.3 Å². The molecule has 3 rings (SSSR count). The van der Waals surface area contributed by atoms with Crippen LogP contribution >= 0.6 is 12.0 Å². The van der Waals surface area contributed by atoms with Crippen molar-refractivity contribution in [3.63, 3.8) is 0 Å². The molecule has 2 atom stereocenters. The van der Waals surface area contributed by atoms with Crippen molar-refractivity contribution in [1.29, 1.82) is 0 Å². The third-order valence-electron chi connectivity index (χ3n) is 9.69. The number of hydrogen-bond acceptors (Lipinski definition) is 16. The maximum absolute atomic E-state index is 11.6. The molecule has 1 N–H and O–H groups in total. The van der Waals surface area contributed by atoms with Crippen LogP contribution in [0, 0.1) is 5.41 Å². The Kier molecular flexibility index (Phi) is 26.0. The van der Waals surface area contributed by atoms with E-state index in [0.717, 1.165) is 17.0 Å². The molecule has 0 saturated carbocycles. The van der Waals surface area contributed by atoms with E-state index in [1.807, 2.05) is 30.6 Å². The molecule has 0 saturated heterocycles. The summed E-state index contributed by atoms with van der Waals surface area (Å²) in [6.07, 6.45) is 11.0. The number of benzene rings is 1. The largest absolute Gasteiger partial charge is 1.00 e. The first-order chi connectivity index (χ1) is 25.6. The number of carboxylic acids is 1. The SMILES string of the molecule is CC1=NN(CCCS(=O)(=O)[O-])\C(=C/C=C/C=C/C2=[N+](CCCCCC(=O)O)c3ccc(SOO[O-])cc3C2(C)CCCS(=O)(=O)[O-])C1(C)CCCS(=O)(=O)[O-].[Na+].[Na+].[Na+]. The molecule has 1 aromatic rings. The Morgan fingerprint density at radius 3 is 2.02 bits per heavy atom. The minimum Gasteiger partial charge on any atom is -0.748 e. The molecule has 0 spiro atoms. The molecule has 0 radical (unpaired) electrons. The van der Waals surface area contributed by atoms with Gasteiger partial charge in [0.1, 0.15) is 6.54 Å². The second kappa shape index (κ2) is 26.0. The number of rotatable bonds is 24. The zero-order valence-corrected chi connectivity index (χ0v) is 43.0. The van der Waals surface area contributed by atoms with E-state index in [4.69, 9.17) is 5.11 Å². The monoisotopic (exact) mass is 917 g/mol. The Labute approximate surface area is 412 Å². The third-order valence-corrected chi connectivity index (χ3v) is 12.6. The van der Waals surface area contributed by atoms with E-state index in [-0.39, 0.29) is 134 Å².